The molecule has 0 heterocycles. The predicted molar refractivity (Wildman–Crippen MR) is 89.5 cm³/mol. The molecule has 1 aromatic rings. The Bertz CT molecular complexity index is 424. The molecule has 21 heavy (non-hydrogen) atoms. The number of guanidine groups is 1. The van der Waals surface area contributed by atoms with Crippen LogP contribution in [0.1, 0.15) is 45.7 Å². The van der Waals surface area contributed by atoms with Gasteiger partial charge < -0.3 is 15.4 Å². The van der Waals surface area contributed by atoms with E-state index >= 15 is 0 Å². The van der Waals surface area contributed by atoms with Crippen molar-refractivity contribution in [2.75, 3.05) is 6.54 Å². The number of nitrogens with one attached hydrogen (secondary N) is 2. The maximum Gasteiger partial charge on any atom is 0.191 e. The molecule has 0 amide bonds. The fourth-order valence-electron chi connectivity index (χ4n) is 1.77. The van der Waals surface area contributed by atoms with Crippen molar-refractivity contribution in [1.29, 1.82) is 0 Å². The van der Waals surface area contributed by atoms with Gasteiger partial charge in [-0.05, 0) is 45.7 Å². The Balaban J connectivity index is 2.56. The van der Waals surface area contributed by atoms with E-state index in [0.29, 0.717) is 19.2 Å². The van der Waals surface area contributed by atoms with Gasteiger partial charge in [-0.15, -0.1) is 0 Å². The summed E-state index contributed by atoms with van der Waals surface area (Å²) in [5, 5.41) is 6.56. The Hall–Kier alpha value is -1.55. The average Bonchev–Trinajstić information content (AvgIpc) is 2.43. The summed E-state index contributed by atoms with van der Waals surface area (Å²) in [7, 11) is 0. The average molecular weight is 291 g/mol. The van der Waals surface area contributed by atoms with Gasteiger partial charge in [0.05, 0.1) is 19.3 Å². The van der Waals surface area contributed by atoms with Crippen LogP contribution in [-0.4, -0.2) is 24.7 Å². The first kappa shape index (κ1) is 17.5. The molecular weight excluding hydrogens is 262 g/mol. The maximum atomic E-state index is 5.59. The van der Waals surface area contributed by atoms with Crippen molar-refractivity contribution < 1.29 is 4.74 Å². The zero-order valence-corrected chi connectivity index (χ0v) is 13.9. The number of hydrogen-bond acceptors (Lipinski definition) is 2. The SMILES string of the molecule is CCNC(=NCc1ccc(COC(C)C)cc1)NC(C)C. The summed E-state index contributed by atoms with van der Waals surface area (Å²) in [6.45, 7) is 12.6. The van der Waals surface area contributed by atoms with Crippen LogP contribution in [0.3, 0.4) is 0 Å². The van der Waals surface area contributed by atoms with Crippen LogP contribution in [0.25, 0.3) is 0 Å². The van der Waals surface area contributed by atoms with Crippen LogP contribution in [-0.2, 0) is 17.9 Å². The molecule has 0 unspecified atom stereocenters. The van der Waals surface area contributed by atoms with Crippen LogP contribution >= 0.6 is 0 Å². The van der Waals surface area contributed by atoms with Crippen molar-refractivity contribution in [2.45, 2.75) is 59.9 Å². The lowest BCUT2D eigenvalue weighted by Gasteiger charge is -2.14. The molecule has 0 bridgehead atoms. The smallest absolute Gasteiger partial charge is 0.191 e. The first-order valence-electron chi connectivity index (χ1n) is 7.75. The normalized spacial score (nSPS) is 12.0. The summed E-state index contributed by atoms with van der Waals surface area (Å²) in [6, 6.07) is 8.81. The standard InChI is InChI=1S/C17H29N3O/c1-6-18-17(20-13(2)3)19-11-15-7-9-16(10-8-15)12-21-14(4)5/h7-10,13-14H,6,11-12H2,1-5H3,(H2,18,19,20). The summed E-state index contributed by atoms with van der Waals surface area (Å²) in [5.74, 6) is 0.861. The second kappa shape index (κ2) is 9.40. The van der Waals surface area contributed by atoms with E-state index in [1.165, 1.54) is 11.1 Å². The minimum absolute atomic E-state index is 0.263. The molecule has 2 N–H and O–H groups in total. The van der Waals surface area contributed by atoms with Crippen LogP contribution in [0.2, 0.25) is 0 Å². The van der Waals surface area contributed by atoms with Crippen molar-refractivity contribution in [3.05, 3.63) is 35.4 Å². The van der Waals surface area contributed by atoms with Gasteiger partial charge in [0.25, 0.3) is 0 Å². The van der Waals surface area contributed by atoms with Crippen LogP contribution in [0.5, 0.6) is 0 Å². The molecule has 0 aromatic heterocycles. The Kier molecular flexibility index (Phi) is 7.83. The predicted octanol–water partition coefficient (Wildman–Crippen LogP) is 3.08. The van der Waals surface area contributed by atoms with E-state index in [4.69, 9.17) is 4.74 Å². The molecular formula is C17H29N3O. The molecule has 0 aliphatic rings. The summed E-state index contributed by atoms with van der Waals surface area (Å²) in [6.07, 6.45) is 0.263. The Morgan fingerprint density at radius 1 is 1.10 bits per heavy atom. The fraction of sp³-hybridized carbons (Fsp3) is 0.588. The highest BCUT2D eigenvalue weighted by molar-refractivity contribution is 5.79. The Labute approximate surface area is 129 Å². The van der Waals surface area contributed by atoms with Gasteiger partial charge in [0.1, 0.15) is 0 Å². The number of benzene rings is 1. The number of rotatable bonds is 7. The number of aliphatic imine (C=N–C) groups is 1. The van der Waals surface area contributed by atoms with E-state index in [9.17, 15) is 0 Å². The van der Waals surface area contributed by atoms with Crippen molar-refractivity contribution in [3.8, 4) is 0 Å². The number of hydrogen-bond donors (Lipinski definition) is 2. The number of ether oxygens (including phenoxy) is 1. The third-order valence-corrected chi connectivity index (χ3v) is 2.80. The second-order valence-corrected chi connectivity index (χ2v) is 5.67. The van der Waals surface area contributed by atoms with Crippen LogP contribution < -0.4 is 10.6 Å². The molecule has 0 fully saturated rings. The first-order valence-corrected chi connectivity index (χ1v) is 7.75. The molecule has 0 radical (unpaired) electrons. The van der Waals surface area contributed by atoms with E-state index in [2.05, 4.69) is 60.7 Å². The van der Waals surface area contributed by atoms with Gasteiger partial charge in [0, 0.05) is 12.6 Å². The lowest BCUT2D eigenvalue weighted by Crippen LogP contribution is -2.40. The van der Waals surface area contributed by atoms with Crippen molar-refractivity contribution in [1.82, 2.24) is 10.6 Å². The highest BCUT2D eigenvalue weighted by Crippen LogP contribution is 2.08. The van der Waals surface area contributed by atoms with E-state index < -0.39 is 0 Å². The molecule has 0 aliphatic carbocycles. The van der Waals surface area contributed by atoms with Crippen molar-refractivity contribution in [3.63, 3.8) is 0 Å². The highest BCUT2D eigenvalue weighted by Gasteiger charge is 2.00. The molecule has 0 saturated heterocycles. The van der Waals surface area contributed by atoms with Gasteiger partial charge in [0.2, 0.25) is 0 Å². The van der Waals surface area contributed by atoms with Crippen LogP contribution in [0.15, 0.2) is 29.3 Å². The lowest BCUT2D eigenvalue weighted by atomic mass is 10.1. The van der Waals surface area contributed by atoms with Crippen LogP contribution in [0.4, 0.5) is 0 Å². The fourth-order valence-corrected chi connectivity index (χ4v) is 1.77. The van der Waals surface area contributed by atoms with Gasteiger partial charge in [-0.1, -0.05) is 24.3 Å². The van der Waals surface area contributed by atoms with Gasteiger partial charge in [-0.2, -0.15) is 0 Å². The van der Waals surface area contributed by atoms with E-state index in [1.54, 1.807) is 0 Å². The maximum absolute atomic E-state index is 5.59. The quantitative estimate of drug-likeness (QED) is 0.599. The van der Waals surface area contributed by atoms with Gasteiger partial charge in [-0.25, -0.2) is 4.99 Å². The molecule has 1 rings (SSSR count). The Morgan fingerprint density at radius 3 is 2.24 bits per heavy atom. The highest BCUT2D eigenvalue weighted by atomic mass is 16.5. The third-order valence-electron chi connectivity index (χ3n) is 2.80. The summed E-state index contributed by atoms with van der Waals surface area (Å²) < 4.78 is 5.59. The topological polar surface area (TPSA) is 45.7 Å². The van der Waals surface area contributed by atoms with Crippen LogP contribution in [0, 0.1) is 0 Å². The second-order valence-electron chi connectivity index (χ2n) is 5.67. The molecule has 0 aliphatic heterocycles. The Morgan fingerprint density at radius 2 is 1.71 bits per heavy atom. The van der Waals surface area contributed by atoms with E-state index in [-0.39, 0.29) is 6.10 Å². The molecule has 0 atom stereocenters. The lowest BCUT2D eigenvalue weighted by molar-refractivity contribution is 0.0657. The molecule has 4 nitrogen and oxygen atoms in total. The van der Waals surface area contributed by atoms with Gasteiger partial charge in [0.15, 0.2) is 5.96 Å². The zero-order chi connectivity index (χ0) is 15.7. The van der Waals surface area contributed by atoms with E-state index in [0.717, 1.165) is 12.5 Å². The summed E-state index contributed by atoms with van der Waals surface area (Å²) in [4.78, 5) is 4.59. The largest absolute Gasteiger partial charge is 0.374 e. The molecule has 0 spiro atoms. The summed E-state index contributed by atoms with van der Waals surface area (Å²) in [5.41, 5.74) is 2.40. The molecule has 118 valence electrons. The monoisotopic (exact) mass is 291 g/mol. The van der Waals surface area contributed by atoms with Gasteiger partial charge >= 0.3 is 0 Å². The third kappa shape index (κ3) is 7.71. The summed E-state index contributed by atoms with van der Waals surface area (Å²) >= 11 is 0. The first-order chi connectivity index (χ1) is 10.0. The molecule has 1 aromatic carbocycles. The van der Waals surface area contributed by atoms with E-state index in [1.807, 2.05) is 13.8 Å². The minimum Gasteiger partial charge on any atom is -0.374 e. The number of nitrogens with zero attached hydrogens (tertiary/aromatic N) is 1. The molecule has 4 heteroatoms. The van der Waals surface area contributed by atoms with Crippen molar-refractivity contribution in [2.24, 2.45) is 4.99 Å². The zero-order valence-electron chi connectivity index (χ0n) is 13.9. The van der Waals surface area contributed by atoms with Crippen molar-refractivity contribution >= 4 is 5.96 Å². The van der Waals surface area contributed by atoms with Gasteiger partial charge in [-0.3, -0.25) is 0 Å². The minimum atomic E-state index is 0.263. The molecule has 0 saturated carbocycles.